The minimum absolute atomic E-state index is 0.0530. The molecule has 2 amide bonds. The molecule has 0 bridgehead atoms. The van der Waals surface area contributed by atoms with Gasteiger partial charge in [0.15, 0.2) is 0 Å². The molecule has 1 aliphatic carbocycles. The molecule has 1 N–H and O–H groups in total. The largest absolute Gasteiger partial charge is 0.322 e. The van der Waals surface area contributed by atoms with Crippen molar-refractivity contribution < 1.29 is 4.79 Å². The van der Waals surface area contributed by atoms with Gasteiger partial charge in [0.25, 0.3) is 0 Å². The zero-order chi connectivity index (χ0) is 16.8. The van der Waals surface area contributed by atoms with Crippen LogP contribution >= 0.6 is 11.8 Å². The van der Waals surface area contributed by atoms with Crippen LogP contribution in [0.1, 0.15) is 25.7 Å². The number of nitrogens with zero attached hydrogens (tertiary/aromatic N) is 3. The van der Waals surface area contributed by atoms with Gasteiger partial charge in [-0.3, -0.25) is 4.90 Å². The van der Waals surface area contributed by atoms with E-state index in [9.17, 15) is 4.79 Å². The van der Waals surface area contributed by atoms with Crippen molar-refractivity contribution in [1.82, 2.24) is 9.80 Å². The maximum Gasteiger partial charge on any atom is 0.321 e. The van der Waals surface area contributed by atoms with Crippen molar-refractivity contribution in [1.29, 1.82) is 5.26 Å². The molecule has 1 aromatic carbocycles. The normalized spacial score (nSPS) is 19.2. The van der Waals surface area contributed by atoms with Crippen molar-refractivity contribution >= 4 is 23.5 Å². The third kappa shape index (κ3) is 4.65. The van der Waals surface area contributed by atoms with Crippen LogP contribution in [0.15, 0.2) is 29.2 Å². The van der Waals surface area contributed by atoms with Gasteiger partial charge in [0.05, 0.1) is 12.6 Å². The van der Waals surface area contributed by atoms with Crippen molar-refractivity contribution in [3.8, 4) is 6.07 Å². The van der Waals surface area contributed by atoms with Crippen LogP contribution in [-0.2, 0) is 0 Å². The van der Waals surface area contributed by atoms with E-state index in [1.807, 2.05) is 28.8 Å². The second kappa shape index (κ2) is 8.41. The summed E-state index contributed by atoms with van der Waals surface area (Å²) in [6.07, 6.45) is 5.35. The number of hydrogen-bond acceptors (Lipinski definition) is 4. The maximum absolute atomic E-state index is 12.3. The second-order valence-corrected chi connectivity index (χ2v) is 7.77. The summed E-state index contributed by atoms with van der Waals surface area (Å²) in [4.78, 5) is 17.5. The van der Waals surface area contributed by atoms with Crippen LogP contribution in [-0.4, -0.2) is 53.8 Å². The monoisotopic (exact) mass is 344 g/mol. The Morgan fingerprint density at radius 1 is 1.17 bits per heavy atom. The van der Waals surface area contributed by atoms with Gasteiger partial charge in [-0.15, -0.1) is 11.8 Å². The summed E-state index contributed by atoms with van der Waals surface area (Å²) in [5.74, 6) is 0. The smallest absolute Gasteiger partial charge is 0.321 e. The van der Waals surface area contributed by atoms with E-state index in [4.69, 9.17) is 5.26 Å². The van der Waals surface area contributed by atoms with Gasteiger partial charge >= 0.3 is 6.03 Å². The Morgan fingerprint density at radius 2 is 1.83 bits per heavy atom. The molecule has 0 aromatic heterocycles. The molecule has 24 heavy (non-hydrogen) atoms. The molecule has 128 valence electrons. The van der Waals surface area contributed by atoms with Gasteiger partial charge in [0, 0.05) is 42.0 Å². The minimum atomic E-state index is -0.0530. The maximum atomic E-state index is 12.3. The number of nitrogens with one attached hydrogen (secondary N) is 1. The zero-order valence-electron chi connectivity index (χ0n) is 13.9. The van der Waals surface area contributed by atoms with Crippen LogP contribution in [0.5, 0.6) is 0 Å². The molecule has 0 unspecified atom stereocenters. The predicted octanol–water partition coefficient (Wildman–Crippen LogP) is 3.39. The fraction of sp³-hybridized carbons (Fsp3) is 0.556. The molecule has 2 fully saturated rings. The first-order valence-electron chi connectivity index (χ1n) is 8.66. The highest BCUT2D eigenvalue weighted by atomic mass is 32.2. The van der Waals surface area contributed by atoms with Gasteiger partial charge in [-0.1, -0.05) is 12.8 Å². The topological polar surface area (TPSA) is 59.4 Å². The van der Waals surface area contributed by atoms with Crippen LogP contribution in [0.2, 0.25) is 0 Å². The van der Waals surface area contributed by atoms with Crippen molar-refractivity contribution in [2.24, 2.45) is 0 Å². The summed E-state index contributed by atoms with van der Waals surface area (Å²) in [7, 11) is 0. The first-order chi connectivity index (χ1) is 11.7. The molecule has 0 atom stereocenters. The number of rotatable bonds is 4. The number of amides is 2. The number of thioether (sulfide) groups is 1. The Labute approximate surface area is 148 Å². The van der Waals surface area contributed by atoms with Gasteiger partial charge in [0.2, 0.25) is 0 Å². The first-order valence-corrected chi connectivity index (χ1v) is 9.54. The summed E-state index contributed by atoms with van der Waals surface area (Å²) in [6, 6.07) is 10.3. The van der Waals surface area contributed by atoms with E-state index >= 15 is 0 Å². The van der Waals surface area contributed by atoms with Crippen LogP contribution < -0.4 is 5.32 Å². The number of carbonyl (C=O) groups is 1. The van der Waals surface area contributed by atoms with E-state index < -0.39 is 0 Å². The summed E-state index contributed by atoms with van der Waals surface area (Å²) >= 11 is 1.96. The molecular weight excluding hydrogens is 320 g/mol. The van der Waals surface area contributed by atoms with Crippen molar-refractivity contribution in [2.45, 2.75) is 35.8 Å². The van der Waals surface area contributed by atoms with Crippen molar-refractivity contribution in [3.05, 3.63) is 24.3 Å². The molecule has 2 aliphatic rings. The first kappa shape index (κ1) is 17.1. The van der Waals surface area contributed by atoms with Gasteiger partial charge in [0.1, 0.15) is 0 Å². The molecule has 3 rings (SSSR count). The molecule has 1 saturated heterocycles. The van der Waals surface area contributed by atoms with Gasteiger partial charge in [-0.2, -0.15) is 5.26 Å². The van der Waals surface area contributed by atoms with Gasteiger partial charge < -0.3 is 10.2 Å². The van der Waals surface area contributed by atoms with E-state index in [2.05, 4.69) is 28.4 Å². The molecule has 1 aliphatic heterocycles. The van der Waals surface area contributed by atoms with Crippen LogP contribution in [0.4, 0.5) is 10.5 Å². The number of nitriles is 1. The summed E-state index contributed by atoms with van der Waals surface area (Å²) in [6.45, 7) is 3.30. The Balaban J connectivity index is 1.47. The SMILES string of the molecule is N#CCN1CCN(C(=O)Nc2ccc(SC3CCCC3)cc2)CC1. The highest BCUT2D eigenvalue weighted by Gasteiger charge is 2.21. The predicted molar refractivity (Wildman–Crippen MR) is 97.2 cm³/mol. The molecule has 1 heterocycles. The lowest BCUT2D eigenvalue weighted by Crippen LogP contribution is -2.49. The van der Waals surface area contributed by atoms with Crippen LogP contribution in [0.25, 0.3) is 0 Å². The number of benzene rings is 1. The van der Waals surface area contributed by atoms with Crippen LogP contribution in [0.3, 0.4) is 0 Å². The molecule has 1 aromatic rings. The van der Waals surface area contributed by atoms with E-state index in [0.717, 1.165) is 24.0 Å². The lowest BCUT2D eigenvalue weighted by Gasteiger charge is -2.33. The number of hydrogen-bond donors (Lipinski definition) is 1. The van der Waals surface area contributed by atoms with E-state index in [-0.39, 0.29) is 6.03 Å². The Hall–Kier alpha value is -1.71. The summed E-state index contributed by atoms with van der Waals surface area (Å²) in [5, 5.41) is 12.4. The minimum Gasteiger partial charge on any atom is -0.322 e. The molecule has 0 radical (unpaired) electrons. The Morgan fingerprint density at radius 3 is 2.46 bits per heavy atom. The fourth-order valence-corrected chi connectivity index (χ4v) is 4.47. The Kier molecular flexibility index (Phi) is 6.00. The average molecular weight is 344 g/mol. The second-order valence-electron chi connectivity index (χ2n) is 6.40. The zero-order valence-corrected chi connectivity index (χ0v) is 14.7. The van der Waals surface area contributed by atoms with Gasteiger partial charge in [-0.05, 0) is 37.1 Å². The highest BCUT2D eigenvalue weighted by molar-refractivity contribution is 8.00. The van der Waals surface area contributed by atoms with Crippen molar-refractivity contribution in [2.75, 3.05) is 38.0 Å². The molecule has 6 heteroatoms. The quantitative estimate of drug-likeness (QED) is 0.851. The van der Waals surface area contributed by atoms with Crippen molar-refractivity contribution in [3.63, 3.8) is 0 Å². The third-order valence-electron chi connectivity index (χ3n) is 4.66. The average Bonchev–Trinajstić information content (AvgIpc) is 3.10. The van der Waals surface area contributed by atoms with Crippen LogP contribution in [0, 0.1) is 11.3 Å². The lowest BCUT2D eigenvalue weighted by molar-refractivity contribution is 0.156. The number of piperazine rings is 1. The standard InChI is InChI=1S/C18H24N4OS/c19-9-10-21-11-13-22(14-12-21)18(23)20-15-5-7-17(8-6-15)24-16-3-1-2-4-16/h5-8,16H,1-4,10-14H2,(H,20,23). The van der Waals surface area contributed by atoms with Gasteiger partial charge in [-0.25, -0.2) is 4.79 Å². The van der Waals surface area contributed by atoms with E-state index in [1.165, 1.54) is 30.6 Å². The fourth-order valence-electron chi connectivity index (χ4n) is 3.23. The summed E-state index contributed by atoms with van der Waals surface area (Å²) < 4.78 is 0. The molecule has 5 nitrogen and oxygen atoms in total. The lowest BCUT2D eigenvalue weighted by atomic mass is 10.3. The number of carbonyl (C=O) groups excluding carboxylic acids is 1. The summed E-state index contributed by atoms with van der Waals surface area (Å²) in [5.41, 5.74) is 0.843. The Bertz CT molecular complexity index is 584. The highest BCUT2D eigenvalue weighted by Crippen LogP contribution is 2.34. The molecular formula is C18H24N4OS. The molecule has 0 spiro atoms. The third-order valence-corrected chi connectivity index (χ3v) is 6.01. The number of anilines is 1. The number of urea groups is 1. The van der Waals surface area contributed by atoms with E-state index in [0.29, 0.717) is 19.6 Å². The molecule has 1 saturated carbocycles. The van der Waals surface area contributed by atoms with E-state index in [1.54, 1.807) is 0 Å².